The summed E-state index contributed by atoms with van der Waals surface area (Å²) in [7, 11) is 0. The molecular weight excluding hydrogens is 416 g/mol. The molecule has 0 atom stereocenters. The van der Waals surface area contributed by atoms with Crippen molar-refractivity contribution >= 4 is 52.4 Å². The Kier molecular flexibility index (Phi) is 5.72. The molecule has 0 saturated carbocycles. The number of phenols is 1. The van der Waals surface area contributed by atoms with Gasteiger partial charge in [0.25, 0.3) is 0 Å². The van der Waals surface area contributed by atoms with Crippen molar-refractivity contribution in [3.63, 3.8) is 0 Å². The molecule has 142 valence electrons. The Morgan fingerprint density at radius 3 is 1.65 bits per heavy atom. The largest absolute Gasteiger partial charge is 0.507 e. The van der Waals surface area contributed by atoms with Gasteiger partial charge in [-0.15, -0.1) is 0 Å². The van der Waals surface area contributed by atoms with Crippen molar-refractivity contribution in [2.24, 2.45) is 0 Å². The fraction of sp³-hybridized carbons (Fsp3) is 0.421. The van der Waals surface area contributed by atoms with E-state index in [9.17, 15) is 9.90 Å². The van der Waals surface area contributed by atoms with Crippen molar-refractivity contribution in [2.75, 3.05) is 0 Å². The molecule has 1 aromatic heterocycles. The van der Waals surface area contributed by atoms with Gasteiger partial charge in [0.15, 0.2) is 5.78 Å². The number of aromatic hydroxyl groups is 1. The van der Waals surface area contributed by atoms with Crippen LogP contribution in [0.25, 0.3) is 0 Å². The van der Waals surface area contributed by atoms with Crippen LogP contribution in [-0.4, -0.2) is 15.0 Å². The lowest BCUT2D eigenvalue weighted by Gasteiger charge is -2.28. The second-order valence-electron chi connectivity index (χ2n) is 8.30. The van der Waals surface area contributed by atoms with E-state index in [-0.39, 0.29) is 37.5 Å². The van der Waals surface area contributed by atoms with Gasteiger partial charge in [0.05, 0.1) is 10.6 Å². The molecule has 0 aliphatic rings. The standard InChI is InChI=1S/C19H21Cl4NO2/c1-18(2,3)10-7-9(8-11(15(10)26)19(4,5)6)14(25)12-13(20)17(22)24(23)16(12)21/h7-8,26H,1-6H3. The molecule has 1 heterocycles. The van der Waals surface area contributed by atoms with E-state index in [1.54, 1.807) is 12.1 Å². The Hall–Kier alpha value is -0.870. The van der Waals surface area contributed by atoms with Crippen LogP contribution in [0, 0.1) is 0 Å². The lowest BCUT2D eigenvalue weighted by atomic mass is 9.78. The average Bonchev–Trinajstić information content (AvgIpc) is 2.68. The van der Waals surface area contributed by atoms with E-state index in [0.29, 0.717) is 16.7 Å². The van der Waals surface area contributed by atoms with Gasteiger partial charge in [0, 0.05) is 28.5 Å². The van der Waals surface area contributed by atoms with Crippen LogP contribution in [0.2, 0.25) is 15.3 Å². The van der Waals surface area contributed by atoms with Gasteiger partial charge in [-0.3, -0.25) is 4.79 Å². The summed E-state index contributed by atoms with van der Waals surface area (Å²) in [6.07, 6.45) is 0. The van der Waals surface area contributed by atoms with Gasteiger partial charge in [-0.05, 0) is 23.0 Å². The number of hydrogen-bond donors (Lipinski definition) is 1. The highest BCUT2D eigenvalue weighted by Gasteiger charge is 2.30. The maximum absolute atomic E-state index is 13.1. The lowest BCUT2D eigenvalue weighted by Crippen LogP contribution is -2.19. The highest BCUT2D eigenvalue weighted by Crippen LogP contribution is 2.42. The van der Waals surface area contributed by atoms with E-state index in [1.807, 2.05) is 41.5 Å². The number of ketones is 1. The highest BCUT2D eigenvalue weighted by atomic mass is 35.5. The Labute approximate surface area is 173 Å². The third-order valence-corrected chi connectivity index (χ3v) is 5.86. The molecule has 0 bridgehead atoms. The maximum atomic E-state index is 13.1. The van der Waals surface area contributed by atoms with Gasteiger partial charge in [-0.1, -0.05) is 76.3 Å². The topological polar surface area (TPSA) is 42.2 Å². The minimum atomic E-state index is -0.405. The number of halogens is 4. The van der Waals surface area contributed by atoms with Crippen LogP contribution in [-0.2, 0) is 10.8 Å². The number of hydrogen-bond acceptors (Lipinski definition) is 2. The first kappa shape index (κ1) is 21.4. The molecule has 2 aromatic rings. The number of nitrogens with zero attached hydrogens (tertiary/aromatic N) is 1. The third kappa shape index (κ3) is 3.73. The van der Waals surface area contributed by atoms with Crippen LogP contribution in [0.4, 0.5) is 0 Å². The fourth-order valence-corrected chi connectivity index (χ4v) is 3.72. The van der Waals surface area contributed by atoms with Crippen molar-refractivity contribution in [1.29, 1.82) is 0 Å². The lowest BCUT2D eigenvalue weighted by molar-refractivity contribution is 0.103. The first-order valence-corrected chi connectivity index (χ1v) is 9.49. The van der Waals surface area contributed by atoms with E-state index >= 15 is 0 Å². The normalized spacial score (nSPS) is 12.5. The molecule has 26 heavy (non-hydrogen) atoms. The first-order valence-electron chi connectivity index (χ1n) is 8.02. The van der Waals surface area contributed by atoms with Gasteiger partial charge in [-0.25, -0.2) is 4.09 Å². The highest BCUT2D eigenvalue weighted by molar-refractivity contribution is 6.49. The van der Waals surface area contributed by atoms with Crippen LogP contribution in [0.1, 0.15) is 68.6 Å². The van der Waals surface area contributed by atoms with Gasteiger partial charge < -0.3 is 5.11 Å². The predicted octanol–water partition coefficient (Wildman–Crippen LogP) is 6.98. The molecule has 1 N–H and O–H groups in total. The minimum absolute atomic E-state index is 0.000594. The molecule has 1 aromatic carbocycles. The molecule has 0 aliphatic carbocycles. The number of benzene rings is 1. The molecular formula is C19H21Cl4NO2. The molecule has 0 radical (unpaired) electrons. The molecule has 3 nitrogen and oxygen atoms in total. The molecule has 0 spiro atoms. The summed E-state index contributed by atoms with van der Waals surface area (Å²) in [5, 5.41) is 10.7. The summed E-state index contributed by atoms with van der Waals surface area (Å²) in [6.45, 7) is 11.8. The van der Waals surface area contributed by atoms with Crippen molar-refractivity contribution in [3.05, 3.63) is 49.7 Å². The van der Waals surface area contributed by atoms with Crippen molar-refractivity contribution in [3.8, 4) is 5.75 Å². The summed E-state index contributed by atoms with van der Waals surface area (Å²) < 4.78 is 0.939. The van der Waals surface area contributed by atoms with E-state index in [1.165, 1.54) is 0 Å². The Balaban J connectivity index is 2.79. The number of carbonyl (C=O) groups is 1. The van der Waals surface area contributed by atoms with Crippen LogP contribution in [0.3, 0.4) is 0 Å². The second kappa shape index (κ2) is 6.94. The number of phenolic OH excluding ortho intramolecular Hbond substituents is 1. The summed E-state index contributed by atoms with van der Waals surface area (Å²) in [4.78, 5) is 13.1. The number of carbonyl (C=O) groups excluding carboxylic acids is 1. The Morgan fingerprint density at radius 2 is 1.35 bits per heavy atom. The molecule has 0 fully saturated rings. The molecule has 0 unspecified atom stereocenters. The zero-order chi connectivity index (χ0) is 20.2. The fourth-order valence-electron chi connectivity index (χ4n) is 2.71. The molecule has 0 aliphatic heterocycles. The predicted molar refractivity (Wildman–Crippen MR) is 110 cm³/mol. The van der Waals surface area contributed by atoms with E-state index < -0.39 is 5.78 Å². The van der Waals surface area contributed by atoms with E-state index in [0.717, 1.165) is 4.09 Å². The Morgan fingerprint density at radius 1 is 0.923 bits per heavy atom. The van der Waals surface area contributed by atoms with Crippen molar-refractivity contribution in [1.82, 2.24) is 4.09 Å². The van der Waals surface area contributed by atoms with Gasteiger partial charge in [0.2, 0.25) is 0 Å². The third-order valence-electron chi connectivity index (χ3n) is 4.17. The van der Waals surface area contributed by atoms with Crippen LogP contribution in [0.5, 0.6) is 5.75 Å². The zero-order valence-corrected chi connectivity index (χ0v) is 18.5. The summed E-state index contributed by atoms with van der Waals surface area (Å²) >= 11 is 24.2. The number of rotatable bonds is 2. The summed E-state index contributed by atoms with van der Waals surface area (Å²) in [6, 6.07) is 3.33. The van der Waals surface area contributed by atoms with Gasteiger partial charge in [0.1, 0.15) is 16.1 Å². The minimum Gasteiger partial charge on any atom is -0.507 e. The zero-order valence-electron chi connectivity index (χ0n) is 15.5. The monoisotopic (exact) mass is 435 g/mol. The average molecular weight is 437 g/mol. The van der Waals surface area contributed by atoms with Crippen molar-refractivity contribution < 1.29 is 9.90 Å². The maximum Gasteiger partial charge on any atom is 0.197 e. The van der Waals surface area contributed by atoms with Crippen molar-refractivity contribution in [2.45, 2.75) is 52.4 Å². The molecule has 7 heteroatoms. The molecule has 0 saturated heterocycles. The molecule has 2 rings (SSSR count). The summed E-state index contributed by atoms with van der Waals surface area (Å²) in [5.74, 6) is -0.219. The Bertz CT molecular complexity index is 826. The van der Waals surface area contributed by atoms with Gasteiger partial charge >= 0.3 is 0 Å². The summed E-state index contributed by atoms with van der Waals surface area (Å²) in [5.41, 5.74) is 0.988. The van der Waals surface area contributed by atoms with Gasteiger partial charge in [-0.2, -0.15) is 0 Å². The van der Waals surface area contributed by atoms with E-state index in [2.05, 4.69) is 0 Å². The first-order chi connectivity index (χ1) is 11.7. The molecule has 0 amide bonds. The number of aromatic nitrogens is 1. The second-order valence-corrected chi connectivity index (χ2v) is 9.73. The van der Waals surface area contributed by atoms with E-state index in [4.69, 9.17) is 46.6 Å². The van der Waals surface area contributed by atoms with Crippen LogP contribution < -0.4 is 0 Å². The quantitative estimate of drug-likeness (QED) is 0.515. The smallest absolute Gasteiger partial charge is 0.197 e. The SMILES string of the molecule is CC(C)(C)c1cc(C(=O)c2c(Cl)c(Cl)n(Cl)c2Cl)cc(C(C)(C)C)c1O. The van der Waals surface area contributed by atoms with Crippen LogP contribution in [0.15, 0.2) is 12.1 Å². The van der Waals surface area contributed by atoms with Crippen LogP contribution >= 0.6 is 46.6 Å².